The highest BCUT2D eigenvalue weighted by molar-refractivity contribution is 7.89. The molecule has 0 aliphatic rings. The number of fused-ring (bicyclic) bond motifs is 1. The molecule has 0 spiro atoms. The molecular weight excluding hydrogens is 400 g/mol. The third kappa shape index (κ3) is 6.11. The minimum absolute atomic E-state index is 0.0289. The second kappa shape index (κ2) is 10.3. The second-order valence-electron chi connectivity index (χ2n) is 7.34. The van der Waals surface area contributed by atoms with Crippen LogP contribution >= 0.6 is 0 Å². The molecule has 2 aromatic carbocycles. The number of hydrogen-bond acceptors (Lipinski definition) is 4. The zero-order chi connectivity index (χ0) is 21.4. The number of carboxylic acids is 1. The van der Waals surface area contributed by atoms with Gasteiger partial charge in [-0.05, 0) is 53.3 Å². The first-order chi connectivity index (χ1) is 14.5. The number of benzene rings is 2. The van der Waals surface area contributed by atoms with Crippen molar-refractivity contribution in [1.29, 1.82) is 0 Å². The van der Waals surface area contributed by atoms with Crippen LogP contribution in [0.3, 0.4) is 0 Å². The van der Waals surface area contributed by atoms with E-state index >= 15 is 0 Å². The van der Waals surface area contributed by atoms with E-state index in [1.54, 1.807) is 24.5 Å². The number of nitrogens with one attached hydrogen (secondary N) is 1. The summed E-state index contributed by atoms with van der Waals surface area (Å²) in [7, 11) is -3.65. The Morgan fingerprint density at radius 1 is 1.00 bits per heavy atom. The van der Waals surface area contributed by atoms with Gasteiger partial charge in [0.15, 0.2) is 0 Å². The molecule has 0 fully saturated rings. The Balaban J connectivity index is 1.67. The van der Waals surface area contributed by atoms with Gasteiger partial charge in [-0.15, -0.1) is 0 Å². The van der Waals surface area contributed by atoms with Gasteiger partial charge in [-0.3, -0.25) is 9.78 Å². The summed E-state index contributed by atoms with van der Waals surface area (Å²) in [5.41, 5.74) is 0.969. The molecule has 1 heterocycles. The molecule has 2 N–H and O–H groups in total. The third-order valence-corrected chi connectivity index (χ3v) is 6.57. The van der Waals surface area contributed by atoms with E-state index in [1.165, 1.54) is 0 Å². The summed E-state index contributed by atoms with van der Waals surface area (Å²) in [6, 6.07) is 16.5. The van der Waals surface area contributed by atoms with Crippen LogP contribution < -0.4 is 4.72 Å². The lowest BCUT2D eigenvalue weighted by Crippen LogP contribution is -2.28. The number of unbranched alkanes of at least 4 members (excludes halogenated alkanes) is 2. The molecule has 6 nitrogen and oxygen atoms in total. The molecule has 3 rings (SSSR count). The molecule has 1 atom stereocenters. The summed E-state index contributed by atoms with van der Waals surface area (Å²) in [6.45, 7) is 0.264. The fraction of sp³-hybridized carbons (Fsp3) is 0.304. The minimum Gasteiger partial charge on any atom is -0.481 e. The van der Waals surface area contributed by atoms with Crippen LogP contribution in [0.15, 0.2) is 71.9 Å². The van der Waals surface area contributed by atoms with Crippen molar-refractivity contribution in [2.45, 2.75) is 42.9 Å². The highest BCUT2D eigenvalue weighted by Gasteiger charge is 2.19. The van der Waals surface area contributed by atoms with Crippen LogP contribution in [-0.2, 0) is 14.8 Å². The van der Waals surface area contributed by atoms with Gasteiger partial charge in [0.05, 0.1) is 4.90 Å². The number of carbonyl (C=O) groups is 1. The van der Waals surface area contributed by atoms with Crippen LogP contribution in [0.5, 0.6) is 0 Å². The van der Waals surface area contributed by atoms with Crippen molar-refractivity contribution in [2.75, 3.05) is 6.54 Å². The van der Waals surface area contributed by atoms with E-state index in [2.05, 4.69) is 9.71 Å². The van der Waals surface area contributed by atoms with Crippen molar-refractivity contribution in [1.82, 2.24) is 9.71 Å². The fourth-order valence-electron chi connectivity index (χ4n) is 3.48. The average molecular weight is 427 g/mol. The van der Waals surface area contributed by atoms with Gasteiger partial charge in [0, 0.05) is 25.4 Å². The van der Waals surface area contributed by atoms with Crippen LogP contribution in [0, 0.1) is 0 Å². The van der Waals surface area contributed by atoms with Gasteiger partial charge in [0.2, 0.25) is 10.0 Å². The van der Waals surface area contributed by atoms with Gasteiger partial charge in [-0.2, -0.15) is 0 Å². The Morgan fingerprint density at radius 2 is 1.80 bits per heavy atom. The topological polar surface area (TPSA) is 96.4 Å². The van der Waals surface area contributed by atoms with E-state index < -0.39 is 16.0 Å². The monoisotopic (exact) mass is 426 g/mol. The minimum atomic E-state index is -3.65. The molecule has 1 unspecified atom stereocenters. The number of aromatic nitrogens is 1. The summed E-state index contributed by atoms with van der Waals surface area (Å²) in [5, 5.41) is 10.6. The van der Waals surface area contributed by atoms with Gasteiger partial charge in [0.1, 0.15) is 0 Å². The van der Waals surface area contributed by atoms with Crippen molar-refractivity contribution in [3.8, 4) is 0 Å². The zero-order valence-corrected chi connectivity index (χ0v) is 17.5. The molecule has 0 amide bonds. The molecule has 0 radical (unpaired) electrons. The fourth-order valence-corrected chi connectivity index (χ4v) is 4.59. The number of nitrogens with zero attached hydrogens (tertiary/aromatic N) is 1. The molecule has 7 heteroatoms. The Bertz CT molecular complexity index is 1080. The van der Waals surface area contributed by atoms with Crippen molar-refractivity contribution in [3.63, 3.8) is 0 Å². The maximum Gasteiger partial charge on any atom is 0.303 e. The maximum atomic E-state index is 12.9. The summed E-state index contributed by atoms with van der Waals surface area (Å²) in [5.74, 6) is -0.819. The molecule has 0 aliphatic heterocycles. The highest BCUT2D eigenvalue weighted by Crippen LogP contribution is 2.23. The largest absolute Gasteiger partial charge is 0.481 e. The van der Waals surface area contributed by atoms with E-state index in [9.17, 15) is 13.2 Å². The van der Waals surface area contributed by atoms with Crippen LogP contribution in [0.4, 0.5) is 0 Å². The third-order valence-electron chi connectivity index (χ3n) is 5.15. The highest BCUT2D eigenvalue weighted by atomic mass is 32.2. The SMILES string of the molecule is O=C(O)CCCCCC(CNS(=O)(=O)c1ccc2ccccc2c1)c1cccnc1. The molecule has 0 aliphatic carbocycles. The first-order valence-corrected chi connectivity index (χ1v) is 11.5. The first-order valence-electron chi connectivity index (χ1n) is 10.1. The zero-order valence-electron chi connectivity index (χ0n) is 16.7. The molecule has 0 bridgehead atoms. The van der Waals surface area contributed by atoms with E-state index in [0.717, 1.165) is 35.6 Å². The normalized spacial score (nSPS) is 12.7. The van der Waals surface area contributed by atoms with Crippen LogP contribution in [0.1, 0.15) is 43.6 Å². The predicted molar refractivity (Wildman–Crippen MR) is 117 cm³/mol. The molecule has 1 aromatic heterocycles. The molecule has 30 heavy (non-hydrogen) atoms. The maximum absolute atomic E-state index is 12.9. The Labute approximate surface area is 177 Å². The lowest BCUT2D eigenvalue weighted by Gasteiger charge is -2.18. The average Bonchev–Trinajstić information content (AvgIpc) is 2.75. The Kier molecular flexibility index (Phi) is 7.54. The predicted octanol–water partition coefficient (Wildman–Crippen LogP) is 4.33. The van der Waals surface area contributed by atoms with Gasteiger partial charge >= 0.3 is 5.97 Å². The van der Waals surface area contributed by atoms with Crippen molar-refractivity contribution < 1.29 is 18.3 Å². The van der Waals surface area contributed by atoms with Crippen molar-refractivity contribution >= 4 is 26.8 Å². The van der Waals surface area contributed by atoms with Crippen LogP contribution in [-0.4, -0.2) is 31.0 Å². The van der Waals surface area contributed by atoms with E-state index in [1.807, 2.05) is 42.5 Å². The second-order valence-corrected chi connectivity index (χ2v) is 9.10. The lowest BCUT2D eigenvalue weighted by atomic mass is 9.94. The summed E-state index contributed by atoms with van der Waals surface area (Å²) in [6.07, 6.45) is 6.60. The number of aliphatic carboxylic acids is 1. The van der Waals surface area contributed by atoms with Gasteiger partial charge in [-0.1, -0.05) is 49.2 Å². The number of pyridine rings is 1. The summed E-state index contributed by atoms with van der Waals surface area (Å²) >= 11 is 0. The number of carboxylic acid groups (broad SMARTS) is 1. The van der Waals surface area contributed by atoms with Gasteiger partial charge < -0.3 is 5.11 Å². The van der Waals surface area contributed by atoms with E-state index in [-0.39, 0.29) is 23.8 Å². The van der Waals surface area contributed by atoms with Gasteiger partial charge in [0.25, 0.3) is 0 Å². The molecule has 0 saturated heterocycles. The lowest BCUT2D eigenvalue weighted by molar-refractivity contribution is -0.137. The Hall–Kier alpha value is -2.77. The summed E-state index contributed by atoms with van der Waals surface area (Å²) < 4.78 is 28.5. The van der Waals surface area contributed by atoms with Crippen LogP contribution in [0.2, 0.25) is 0 Å². The molecule has 158 valence electrons. The van der Waals surface area contributed by atoms with Gasteiger partial charge in [-0.25, -0.2) is 13.1 Å². The van der Waals surface area contributed by atoms with Crippen molar-refractivity contribution in [3.05, 3.63) is 72.6 Å². The van der Waals surface area contributed by atoms with E-state index in [4.69, 9.17) is 5.11 Å². The first kappa shape index (κ1) is 21.9. The summed E-state index contributed by atoms with van der Waals surface area (Å²) in [4.78, 5) is 15.1. The molecule has 0 saturated carbocycles. The quantitative estimate of drug-likeness (QED) is 0.445. The standard InChI is InChI=1S/C23H26N2O4S/c26-23(27)11-3-1-2-9-21(20-10-6-14-24-16-20)17-25-30(28,29)22-13-12-18-7-4-5-8-19(18)15-22/h4-8,10,12-16,21,25H,1-3,9,11,17H2,(H,26,27). The number of sulfonamides is 1. The van der Waals surface area contributed by atoms with E-state index in [0.29, 0.717) is 6.42 Å². The number of rotatable bonds is 11. The van der Waals surface area contributed by atoms with Crippen molar-refractivity contribution in [2.24, 2.45) is 0 Å². The smallest absolute Gasteiger partial charge is 0.303 e. The Morgan fingerprint density at radius 3 is 2.53 bits per heavy atom. The molecular formula is C23H26N2O4S. The van der Waals surface area contributed by atoms with Crippen LogP contribution in [0.25, 0.3) is 10.8 Å². The molecule has 3 aromatic rings. The number of hydrogen-bond donors (Lipinski definition) is 2.